The van der Waals surface area contributed by atoms with E-state index in [-0.39, 0.29) is 0 Å². The lowest BCUT2D eigenvalue weighted by Gasteiger charge is -2.06. The van der Waals surface area contributed by atoms with Gasteiger partial charge in [0.15, 0.2) is 0 Å². The molecule has 0 fully saturated rings. The summed E-state index contributed by atoms with van der Waals surface area (Å²) in [6.45, 7) is 4.46. The van der Waals surface area contributed by atoms with E-state index in [1.54, 1.807) is 18.6 Å². The molecule has 0 atom stereocenters. The largest absolute Gasteiger partial charge is 0.261 e. The van der Waals surface area contributed by atoms with Crippen molar-refractivity contribution < 1.29 is 0 Å². The number of hydrogen-bond acceptors (Lipinski definition) is 2. The highest BCUT2D eigenvalue weighted by Gasteiger charge is 2.02. The van der Waals surface area contributed by atoms with Gasteiger partial charge in [0, 0.05) is 18.0 Å². The van der Waals surface area contributed by atoms with Crippen molar-refractivity contribution in [3.8, 4) is 11.3 Å². The van der Waals surface area contributed by atoms with Crippen LogP contribution in [0.2, 0.25) is 0 Å². The normalized spacial score (nSPS) is 10.7. The third-order valence-electron chi connectivity index (χ3n) is 2.43. The van der Waals surface area contributed by atoms with Gasteiger partial charge >= 0.3 is 0 Å². The Bertz CT molecular complexity index is 449. The summed E-state index contributed by atoms with van der Waals surface area (Å²) in [5.74, 6) is 0.678. The van der Waals surface area contributed by atoms with Crippen molar-refractivity contribution in [2.45, 2.75) is 20.3 Å². The lowest BCUT2D eigenvalue weighted by Crippen LogP contribution is -1.94. The molecule has 0 aliphatic heterocycles. The predicted octanol–water partition coefficient (Wildman–Crippen LogP) is 3.34. The molecule has 1 aromatic heterocycles. The van der Waals surface area contributed by atoms with Gasteiger partial charge in [-0.2, -0.15) is 0 Å². The van der Waals surface area contributed by atoms with Crippen LogP contribution in [0.25, 0.3) is 11.3 Å². The maximum absolute atomic E-state index is 4.31. The second-order valence-electron chi connectivity index (χ2n) is 4.39. The first-order valence-corrected chi connectivity index (χ1v) is 5.61. The predicted molar refractivity (Wildman–Crippen MR) is 66.0 cm³/mol. The molecule has 1 heterocycles. The zero-order valence-electron chi connectivity index (χ0n) is 9.72. The molecule has 16 heavy (non-hydrogen) atoms. The molecule has 0 bridgehead atoms. The van der Waals surface area contributed by atoms with E-state index in [4.69, 9.17) is 0 Å². The Morgan fingerprint density at radius 2 is 2.06 bits per heavy atom. The lowest BCUT2D eigenvalue weighted by molar-refractivity contribution is 0.647. The Labute approximate surface area is 96.4 Å². The van der Waals surface area contributed by atoms with Crippen LogP contribution in [0.3, 0.4) is 0 Å². The highest BCUT2D eigenvalue weighted by molar-refractivity contribution is 5.58. The van der Waals surface area contributed by atoms with Gasteiger partial charge in [0.25, 0.3) is 0 Å². The maximum atomic E-state index is 4.31. The maximum Gasteiger partial charge on any atom is 0.0885 e. The average Bonchev–Trinajstić information content (AvgIpc) is 2.30. The van der Waals surface area contributed by atoms with Crippen molar-refractivity contribution in [1.82, 2.24) is 9.97 Å². The molecule has 2 rings (SSSR count). The van der Waals surface area contributed by atoms with Crippen LogP contribution < -0.4 is 0 Å². The van der Waals surface area contributed by atoms with E-state index in [1.807, 2.05) is 0 Å². The molecule has 0 N–H and O–H groups in total. The summed E-state index contributed by atoms with van der Waals surface area (Å²) >= 11 is 0. The van der Waals surface area contributed by atoms with Crippen molar-refractivity contribution in [1.29, 1.82) is 0 Å². The van der Waals surface area contributed by atoms with Gasteiger partial charge in [0.05, 0.1) is 11.9 Å². The molecule has 82 valence electrons. The first-order chi connectivity index (χ1) is 7.75. The molecule has 0 amide bonds. The SMILES string of the molecule is CC(C)Cc1cccc(-c2cnccn2)c1. The molecule has 0 saturated carbocycles. The summed E-state index contributed by atoms with van der Waals surface area (Å²) in [5, 5.41) is 0. The lowest BCUT2D eigenvalue weighted by atomic mass is 10.0. The topological polar surface area (TPSA) is 25.8 Å². The summed E-state index contributed by atoms with van der Waals surface area (Å²) in [6, 6.07) is 8.53. The van der Waals surface area contributed by atoms with E-state index in [0.717, 1.165) is 17.7 Å². The number of aromatic nitrogens is 2. The highest BCUT2D eigenvalue weighted by Crippen LogP contribution is 2.18. The van der Waals surface area contributed by atoms with Gasteiger partial charge in [0.1, 0.15) is 0 Å². The van der Waals surface area contributed by atoms with E-state index in [1.165, 1.54) is 5.56 Å². The molecule has 1 aromatic carbocycles. The molecule has 0 spiro atoms. The molecule has 0 aliphatic carbocycles. The molecular weight excluding hydrogens is 196 g/mol. The molecule has 0 saturated heterocycles. The molecule has 2 heteroatoms. The van der Waals surface area contributed by atoms with Crippen molar-refractivity contribution in [3.05, 3.63) is 48.4 Å². The summed E-state index contributed by atoms with van der Waals surface area (Å²) in [7, 11) is 0. The first-order valence-electron chi connectivity index (χ1n) is 5.61. The van der Waals surface area contributed by atoms with Gasteiger partial charge in [-0.15, -0.1) is 0 Å². The minimum absolute atomic E-state index is 0.678. The van der Waals surface area contributed by atoms with Crippen molar-refractivity contribution in [2.24, 2.45) is 5.92 Å². The number of benzene rings is 1. The Hall–Kier alpha value is -1.70. The van der Waals surface area contributed by atoms with Crippen LogP contribution >= 0.6 is 0 Å². The summed E-state index contributed by atoms with van der Waals surface area (Å²) in [4.78, 5) is 8.40. The van der Waals surface area contributed by atoms with Gasteiger partial charge in [0.2, 0.25) is 0 Å². The van der Waals surface area contributed by atoms with E-state index < -0.39 is 0 Å². The van der Waals surface area contributed by atoms with Crippen LogP contribution in [0.1, 0.15) is 19.4 Å². The highest BCUT2D eigenvalue weighted by atomic mass is 14.8. The van der Waals surface area contributed by atoms with E-state index in [9.17, 15) is 0 Å². The number of nitrogens with zero attached hydrogens (tertiary/aromatic N) is 2. The zero-order chi connectivity index (χ0) is 11.4. The fraction of sp³-hybridized carbons (Fsp3) is 0.286. The molecule has 0 aliphatic rings. The fourth-order valence-corrected chi connectivity index (χ4v) is 1.78. The van der Waals surface area contributed by atoms with Crippen molar-refractivity contribution in [2.75, 3.05) is 0 Å². The summed E-state index contributed by atoms with van der Waals surface area (Å²) in [5.41, 5.74) is 3.44. The summed E-state index contributed by atoms with van der Waals surface area (Å²) in [6.07, 6.45) is 6.33. The first kappa shape index (κ1) is 10.8. The van der Waals surface area contributed by atoms with Gasteiger partial charge in [-0.05, 0) is 24.0 Å². The minimum Gasteiger partial charge on any atom is -0.261 e. The summed E-state index contributed by atoms with van der Waals surface area (Å²) < 4.78 is 0. The number of hydrogen-bond donors (Lipinski definition) is 0. The minimum atomic E-state index is 0.678. The Kier molecular flexibility index (Phi) is 3.30. The van der Waals surface area contributed by atoms with E-state index >= 15 is 0 Å². The van der Waals surface area contributed by atoms with Gasteiger partial charge in [-0.1, -0.05) is 32.0 Å². The number of rotatable bonds is 3. The fourth-order valence-electron chi connectivity index (χ4n) is 1.78. The van der Waals surface area contributed by atoms with Crippen LogP contribution in [0.4, 0.5) is 0 Å². The standard InChI is InChI=1S/C14H16N2/c1-11(2)8-12-4-3-5-13(9-12)14-10-15-6-7-16-14/h3-7,9-11H,8H2,1-2H3. The quantitative estimate of drug-likeness (QED) is 0.779. The molecular formula is C14H16N2. The third kappa shape index (κ3) is 2.66. The molecule has 0 unspecified atom stereocenters. The Morgan fingerprint density at radius 3 is 2.75 bits per heavy atom. The average molecular weight is 212 g/mol. The second kappa shape index (κ2) is 4.88. The van der Waals surface area contributed by atoms with Crippen LogP contribution in [-0.4, -0.2) is 9.97 Å². The van der Waals surface area contributed by atoms with E-state index in [0.29, 0.717) is 5.92 Å². The van der Waals surface area contributed by atoms with Crippen LogP contribution in [0, 0.1) is 5.92 Å². The van der Waals surface area contributed by atoms with Gasteiger partial charge in [-0.3, -0.25) is 9.97 Å². The van der Waals surface area contributed by atoms with E-state index in [2.05, 4.69) is 48.1 Å². The molecule has 2 aromatic rings. The molecule has 0 radical (unpaired) electrons. The van der Waals surface area contributed by atoms with Crippen molar-refractivity contribution in [3.63, 3.8) is 0 Å². The second-order valence-corrected chi connectivity index (χ2v) is 4.39. The van der Waals surface area contributed by atoms with Gasteiger partial charge < -0.3 is 0 Å². The van der Waals surface area contributed by atoms with Crippen LogP contribution in [-0.2, 0) is 6.42 Å². The third-order valence-corrected chi connectivity index (χ3v) is 2.43. The monoisotopic (exact) mass is 212 g/mol. The Morgan fingerprint density at radius 1 is 1.19 bits per heavy atom. The van der Waals surface area contributed by atoms with Crippen LogP contribution in [0.15, 0.2) is 42.9 Å². The molecule has 2 nitrogen and oxygen atoms in total. The van der Waals surface area contributed by atoms with Gasteiger partial charge in [-0.25, -0.2) is 0 Å². The zero-order valence-corrected chi connectivity index (χ0v) is 9.72. The Balaban J connectivity index is 2.29. The smallest absolute Gasteiger partial charge is 0.0885 e. The van der Waals surface area contributed by atoms with Crippen molar-refractivity contribution >= 4 is 0 Å². The van der Waals surface area contributed by atoms with Crippen LogP contribution in [0.5, 0.6) is 0 Å².